The van der Waals surface area contributed by atoms with Gasteiger partial charge in [-0.25, -0.2) is 0 Å². The number of halogens is 3. The van der Waals surface area contributed by atoms with Gasteiger partial charge in [0.25, 0.3) is 0 Å². The topological polar surface area (TPSA) is 68.0 Å². The van der Waals surface area contributed by atoms with Gasteiger partial charge in [-0.2, -0.15) is 18.2 Å². The molecule has 0 radical (unpaired) electrons. The van der Waals surface area contributed by atoms with Gasteiger partial charge >= 0.3 is 6.18 Å². The first-order chi connectivity index (χ1) is 12.8. The zero-order valence-electron chi connectivity index (χ0n) is 15.2. The van der Waals surface area contributed by atoms with Gasteiger partial charge in [0, 0.05) is 11.5 Å². The Kier molecular flexibility index (Phi) is 5.53. The molecule has 0 saturated heterocycles. The van der Waals surface area contributed by atoms with Gasteiger partial charge < -0.3 is 9.84 Å². The van der Waals surface area contributed by atoms with Crippen molar-refractivity contribution < 1.29 is 22.5 Å². The zero-order valence-corrected chi connectivity index (χ0v) is 15.2. The van der Waals surface area contributed by atoms with Crippen molar-refractivity contribution in [1.29, 1.82) is 0 Å². The lowest BCUT2D eigenvalue weighted by Gasteiger charge is -2.28. The normalized spacial score (nSPS) is 17.2. The minimum Gasteiger partial charge on any atom is -0.344 e. The predicted molar refractivity (Wildman–Crippen MR) is 92.4 cm³/mol. The van der Waals surface area contributed by atoms with Crippen LogP contribution in [0, 0.1) is 11.8 Å². The Balaban J connectivity index is 1.84. The molecule has 1 heterocycles. The molecule has 1 saturated carbocycles. The average Bonchev–Trinajstić information content (AvgIpc) is 3.06. The second-order valence-electron chi connectivity index (χ2n) is 7.03. The molecule has 0 aliphatic heterocycles. The lowest BCUT2D eigenvalue weighted by Crippen LogP contribution is -2.39. The first kappa shape index (κ1) is 19.4. The van der Waals surface area contributed by atoms with Gasteiger partial charge in [0.15, 0.2) is 0 Å². The number of nitrogens with zero attached hydrogens (tertiary/aromatic N) is 2. The summed E-state index contributed by atoms with van der Waals surface area (Å²) in [6.45, 7) is 3.94. The molecule has 1 aromatic carbocycles. The number of amides is 1. The number of hydrogen-bond acceptors (Lipinski definition) is 4. The zero-order chi connectivity index (χ0) is 19.6. The molecule has 0 spiro atoms. The van der Waals surface area contributed by atoms with E-state index in [1.807, 2.05) is 13.8 Å². The van der Waals surface area contributed by atoms with Gasteiger partial charge in [0.05, 0.1) is 5.56 Å². The van der Waals surface area contributed by atoms with Crippen molar-refractivity contribution in [3.8, 4) is 11.4 Å². The van der Waals surface area contributed by atoms with Crippen LogP contribution in [0.5, 0.6) is 0 Å². The maximum atomic E-state index is 12.9. The highest BCUT2D eigenvalue weighted by Gasteiger charge is 2.33. The first-order valence-electron chi connectivity index (χ1n) is 9.11. The van der Waals surface area contributed by atoms with Crippen molar-refractivity contribution in [3.63, 3.8) is 0 Å². The molecule has 1 N–H and O–H groups in total. The number of benzene rings is 1. The van der Waals surface area contributed by atoms with Crippen molar-refractivity contribution >= 4 is 5.91 Å². The summed E-state index contributed by atoms with van der Waals surface area (Å²) in [4.78, 5) is 16.6. The quantitative estimate of drug-likeness (QED) is 0.783. The van der Waals surface area contributed by atoms with Gasteiger partial charge in [0.1, 0.15) is 6.04 Å². The summed E-state index contributed by atoms with van der Waals surface area (Å²) < 4.78 is 44.1. The number of rotatable bonds is 6. The van der Waals surface area contributed by atoms with Gasteiger partial charge in [0.2, 0.25) is 17.6 Å². The van der Waals surface area contributed by atoms with Crippen molar-refractivity contribution in [3.05, 3.63) is 35.7 Å². The number of carbonyl (C=O) groups excluding carboxylic acids is 1. The average molecular weight is 381 g/mol. The Hall–Kier alpha value is -2.38. The second-order valence-corrected chi connectivity index (χ2v) is 7.03. The van der Waals surface area contributed by atoms with E-state index in [1.54, 1.807) is 0 Å². The van der Waals surface area contributed by atoms with Crippen molar-refractivity contribution in [2.75, 3.05) is 0 Å². The Morgan fingerprint density at radius 2 is 2.11 bits per heavy atom. The van der Waals surface area contributed by atoms with Crippen LogP contribution in [-0.2, 0) is 11.0 Å². The minimum absolute atomic E-state index is 0.0161. The third-order valence-electron chi connectivity index (χ3n) is 5.14. The van der Waals surface area contributed by atoms with Crippen LogP contribution < -0.4 is 5.32 Å². The first-order valence-corrected chi connectivity index (χ1v) is 9.11. The van der Waals surface area contributed by atoms with Crippen LogP contribution >= 0.6 is 0 Å². The van der Waals surface area contributed by atoms with E-state index in [0.29, 0.717) is 0 Å². The van der Waals surface area contributed by atoms with E-state index in [9.17, 15) is 18.0 Å². The molecule has 146 valence electrons. The highest BCUT2D eigenvalue weighted by atomic mass is 19.4. The summed E-state index contributed by atoms with van der Waals surface area (Å²) in [6.07, 6.45) is -0.876. The summed E-state index contributed by atoms with van der Waals surface area (Å²) in [6, 6.07) is 4.31. The van der Waals surface area contributed by atoms with Crippen LogP contribution in [0.1, 0.15) is 57.0 Å². The van der Waals surface area contributed by atoms with E-state index in [1.165, 1.54) is 12.1 Å². The maximum Gasteiger partial charge on any atom is 0.416 e. The van der Waals surface area contributed by atoms with E-state index < -0.39 is 17.8 Å². The SMILES string of the molecule is CC[C@H](C)[C@H](NC(=O)C1CCC1)c1nc(-c2cccc(C(F)(F)F)c2)no1. The van der Waals surface area contributed by atoms with Crippen LogP contribution in [0.15, 0.2) is 28.8 Å². The molecule has 0 unspecified atom stereocenters. The molecule has 2 atom stereocenters. The number of alkyl halides is 3. The smallest absolute Gasteiger partial charge is 0.344 e. The largest absolute Gasteiger partial charge is 0.416 e. The van der Waals surface area contributed by atoms with Gasteiger partial charge in [-0.15, -0.1) is 0 Å². The molecule has 27 heavy (non-hydrogen) atoms. The van der Waals surface area contributed by atoms with E-state index >= 15 is 0 Å². The van der Waals surface area contributed by atoms with Crippen molar-refractivity contribution in [2.45, 2.75) is 51.7 Å². The molecule has 1 aromatic heterocycles. The fourth-order valence-electron chi connectivity index (χ4n) is 2.94. The number of nitrogens with one attached hydrogen (secondary N) is 1. The Labute approximate surface area is 155 Å². The molecule has 0 bridgehead atoms. The lowest BCUT2D eigenvalue weighted by atomic mass is 9.84. The maximum absolute atomic E-state index is 12.9. The third kappa shape index (κ3) is 4.31. The Morgan fingerprint density at radius 3 is 2.70 bits per heavy atom. The second kappa shape index (κ2) is 7.70. The molecule has 1 amide bonds. The van der Waals surface area contributed by atoms with Crippen molar-refractivity contribution in [2.24, 2.45) is 11.8 Å². The van der Waals surface area contributed by atoms with Crippen molar-refractivity contribution in [1.82, 2.24) is 15.5 Å². The molecular weight excluding hydrogens is 359 g/mol. The van der Waals surface area contributed by atoms with Crippen LogP contribution in [0.3, 0.4) is 0 Å². The molecule has 1 aliphatic carbocycles. The van der Waals surface area contributed by atoms with Crippen LogP contribution in [0.2, 0.25) is 0 Å². The molecule has 3 rings (SSSR count). The third-order valence-corrected chi connectivity index (χ3v) is 5.14. The molecule has 1 aliphatic rings. The Morgan fingerprint density at radius 1 is 1.37 bits per heavy atom. The summed E-state index contributed by atoms with van der Waals surface area (Å²) in [5.41, 5.74) is -0.559. The highest BCUT2D eigenvalue weighted by molar-refractivity contribution is 5.79. The minimum atomic E-state index is -4.45. The Bertz CT molecular complexity index is 799. The fourth-order valence-corrected chi connectivity index (χ4v) is 2.94. The molecular formula is C19H22F3N3O2. The van der Waals surface area contributed by atoms with Gasteiger partial charge in [-0.05, 0) is 30.9 Å². The monoisotopic (exact) mass is 381 g/mol. The summed E-state index contributed by atoms with van der Waals surface area (Å²) in [5.74, 6) is 0.309. The number of hydrogen-bond donors (Lipinski definition) is 1. The van der Waals surface area contributed by atoms with Gasteiger partial charge in [-0.3, -0.25) is 4.79 Å². The van der Waals surface area contributed by atoms with Crippen LogP contribution in [0.25, 0.3) is 11.4 Å². The number of aromatic nitrogens is 2. The molecule has 8 heteroatoms. The van der Waals surface area contributed by atoms with E-state index in [0.717, 1.165) is 37.8 Å². The summed E-state index contributed by atoms with van der Waals surface area (Å²) >= 11 is 0. The molecule has 2 aromatic rings. The summed E-state index contributed by atoms with van der Waals surface area (Å²) in [7, 11) is 0. The fraction of sp³-hybridized carbons (Fsp3) is 0.526. The van der Waals surface area contributed by atoms with E-state index in [-0.39, 0.29) is 35.0 Å². The molecule has 1 fully saturated rings. The highest BCUT2D eigenvalue weighted by Crippen LogP contribution is 2.33. The van der Waals surface area contributed by atoms with E-state index in [2.05, 4.69) is 15.5 Å². The van der Waals surface area contributed by atoms with Crippen LogP contribution in [-0.4, -0.2) is 16.0 Å². The predicted octanol–water partition coefficient (Wildman–Crippen LogP) is 4.76. The number of carbonyl (C=O) groups is 1. The van der Waals surface area contributed by atoms with E-state index in [4.69, 9.17) is 4.52 Å². The van der Waals surface area contributed by atoms with Crippen LogP contribution in [0.4, 0.5) is 13.2 Å². The molecule has 5 nitrogen and oxygen atoms in total. The lowest BCUT2D eigenvalue weighted by molar-refractivity contribution is -0.137. The standard InChI is InChI=1S/C19H22F3N3O2/c1-3-11(2)15(23-17(26)12-6-4-7-12)18-24-16(25-27-18)13-8-5-9-14(10-13)19(20,21)22/h5,8-12,15H,3-4,6-7H2,1-2H3,(H,23,26)/t11-,15-/m0/s1. The van der Waals surface area contributed by atoms with Gasteiger partial charge in [-0.1, -0.05) is 44.0 Å². The summed E-state index contributed by atoms with van der Waals surface area (Å²) in [5, 5.41) is 6.80.